The molecule has 5 heteroatoms. The summed E-state index contributed by atoms with van der Waals surface area (Å²) in [6.45, 7) is 3.91. The number of hydrogen-bond donors (Lipinski definition) is 0. The van der Waals surface area contributed by atoms with Gasteiger partial charge in [0.05, 0.1) is 12.8 Å². The van der Waals surface area contributed by atoms with E-state index in [9.17, 15) is 0 Å². The Morgan fingerprint density at radius 1 is 1.40 bits per heavy atom. The first-order valence-electron chi connectivity index (χ1n) is 4.42. The lowest BCUT2D eigenvalue weighted by Crippen LogP contribution is -2.13. The number of aromatic nitrogens is 2. The number of nitrogens with zero attached hydrogens (tertiary/aromatic N) is 3. The number of benzene rings is 1. The van der Waals surface area contributed by atoms with Crippen molar-refractivity contribution in [2.45, 2.75) is 0 Å². The van der Waals surface area contributed by atoms with Gasteiger partial charge in [0.1, 0.15) is 11.0 Å². The largest absolute Gasteiger partial charge is 0.277 e. The van der Waals surface area contributed by atoms with Gasteiger partial charge in [-0.25, -0.2) is 4.63 Å². The highest BCUT2D eigenvalue weighted by molar-refractivity contribution is 5.78. The van der Waals surface area contributed by atoms with Gasteiger partial charge in [-0.3, -0.25) is 9.90 Å². The van der Waals surface area contributed by atoms with Crippen molar-refractivity contribution >= 4 is 16.7 Å². The monoisotopic (exact) mass is 205 g/mol. The first kappa shape index (κ1) is 9.67. The zero-order chi connectivity index (χ0) is 10.8. The lowest BCUT2D eigenvalue weighted by atomic mass is 10.1. The van der Waals surface area contributed by atoms with E-state index >= 15 is 0 Å². The number of hydroxylamine groups is 2. The van der Waals surface area contributed by atoms with Crippen molar-refractivity contribution in [2.75, 3.05) is 14.2 Å². The molecule has 0 atom stereocenters. The Morgan fingerprint density at radius 2 is 2.13 bits per heavy atom. The predicted octanol–water partition coefficient (Wildman–Crippen LogP) is 1.69. The molecule has 5 nitrogen and oxygen atoms in total. The van der Waals surface area contributed by atoms with Gasteiger partial charge in [-0.15, -0.1) is 0 Å². The number of hydrogen-bond acceptors (Lipinski definition) is 5. The van der Waals surface area contributed by atoms with Crippen molar-refractivity contribution in [3.63, 3.8) is 0 Å². The van der Waals surface area contributed by atoms with E-state index in [0.29, 0.717) is 5.52 Å². The smallest absolute Gasteiger partial charge is 0.135 e. The molecule has 1 aromatic carbocycles. The van der Waals surface area contributed by atoms with Crippen LogP contribution in [0.1, 0.15) is 5.56 Å². The molecule has 0 aliphatic carbocycles. The minimum atomic E-state index is 0.707. The third kappa shape index (κ3) is 1.69. The van der Waals surface area contributed by atoms with Gasteiger partial charge in [0.15, 0.2) is 0 Å². The van der Waals surface area contributed by atoms with Crippen LogP contribution >= 0.6 is 0 Å². The van der Waals surface area contributed by atoms with Crippen molar-refractivity contribution in [1.29, 1.82) is 0 Å². The minimum Gasteiger partial charge on any atom is -0.277 e. The van der Waals surface area contributed by atoms with Crippen molar-refractivity contribution in [3.05, 3.63) is 30.3 Å². The molecule has 0 amide bonds. The van der Waals surface area contributed by atoms with Gasteiger partial charge in [0.2, 0.25) is 0 Å². The highest BCUT2D eigenvalue weighted by Crippen LogP contribution is 2.19. The van der Waals surface area contributed by atoms with E-state index in [1.807, 2.05) is 18.2 Å². The predicted molar refractivity (Wildman–Crippen MR) is 55.6 cm³/mol. The van der Waals surface area contributed by atoms with Crippen LogP contribution in [0.5, 0.6) is 0 Å². The molecule has 1 aromatic heterocycles. The molecule has 78 valence electrons. The molecule has 1 heterocycles. The third-order valence-corrected chi connectivity index (χ3v) is 2.24. The second-order valence-corrected chi connectivity index (χ2v) is 3.09. The second-order valence-electron chi connectivity index (χ2n) is 3.09. The van der Waals surface area contributed by atoms with E-state index in [0.717, 1.165) is 16.8 Å². The summed E-state index contributed by atoms with van der Waals surface area (Å²) in [5.74, 6) is 0. The molecule has 2 aromatic rings. The Kier molecular flexibility index (Phi) is 2.39. The molecular weight excluding hydrogens is 194 g/mol. The molecular formula is C10H11N3O2. The number of fused-ring (bicyclic) bond motifs is 1. The van der Waals surface area contributed by atoms with E-state index in [1.54, 1.807) is 19.2 Å². The van der Waals surface area contributed by atoms with Gasteiger partial charge < -0.3 is 0 Å². The Labute approximate surface area is 86.8 Å². The molecule has 0 saturated heterocycles. The molecule has 0 fully saturated rings. The lowest BCUT2D eigenvalue weighted by Gasteiger charge is -2.18. The molecule has 0 spiro atoms. The van der Waals surface area contributed by atoms with E-state index < -0.39 is 0 Å². The zero-order valence-electron chi connectivity index (χ0n) is 8.60. The standard InChI is InChI=1S/C10H11N3O2/c1-7(13(2)14-3)8-4-5-9-10(6-8)12-15-11-9/h4-6H,1H2,2-3H3. The van der Waals surface area contributed by atoms with Crippen molar-refractivity contribution in [1.82, 2.24) is 15.4 Å². The summed E-state index contributed by atoms with van der Waals surface area (Å²) in [6, 6.07) is 5.57. The molecule has 0 aliphatic rings. The Hall–Kier alpha value is -1.88. The first-order valence-corrected chi connectivity index (χ1v) is 4.42. The van der Waals surface area contributed by atoms with E-state index in [1.165, 1.54) is 0 Å². The van der Waals surface area contributed by atoms with Crippen LogP contribution in [0.2, 0.25) is 0 Å². The maximum Gasteiger partial charge on any atom is 0.135 e. The fourth-order valence-corrected chi connectivity index (χ4v) is 1.25. The minimum absolute atomic E-state index is 0.707. The van der Waals surface area contributed by atoms with Crippen LogP contribution in [0.25, 0.3) is 16.7 Å². The fraction of sp³-hybridized carbons (Fsp3) is 0.200. The summed E-state index contributed by atoms with van der Waals surface area (Å²) in [5, 5.41) is 9.06. The zero-order valence-corrected chi connectivity index (χ0v) is 8.60. The summed E-state index contributed by atoms with van der Waals surface area (Å²) in [7, 11) is 3.37. The van der Waals surface area contributed by atoms with Crippen LogP contribution in [0.3, 0.4) is 0 Å². The summed E-state index contributed by atoms with van der Waals surface area (Å²) in [6.07, 6.45) is 0. The van der Waals surface area contributed by atoms with Gasteiger partial charge in [0, 0.05) is 12.6 Å². The third-order valence-electron chi connectivity index (χ3n) is 2.24. The second kappa shape index (κ2) is 3.70. The Bertz CT molecular complexity index is 492. The van der Waals surface area contributed by atoms with E-state index in [2.05, 4.69) is 21.5 Å². The van der Waals surface area contributed by atoms with Crippen LogP contribution in [-0.2, 0) is 4.84 Å². The highest BCUT2D eigenvalue weighted by Gasteiger charge is 2.07. The maximum atomic E-state index is 5.03. The van der Waals surface area contributed by atoms with Crippen LogP contribution in [0, 0.1) is 0 Å². The van der Waals surface area contributed by atoms with Gasteiger partial charge in [-0.05, 0) is 22.4 Å². The molecule has 0 radical (unpaired) electrons. The molecule has 0 N–H and O–H groups in total. The van der Waals surface area contributed by atoms with Crippen molar-refractivity contribution in [3.8, 4) is 0 Å². The number of rotatable bonds is 3. The fourth-order valence-electron chi connectivity index (χ4n) is 1.25. The quantitative estimate of drug-likeness (QED) is 0.713. The van der Waals surface area contributed by atoms with Gasteiger partial charge in [-0.2, -0.15) is 0 Å². The van der Waals surface area contributed by atoms with Gasteiger partial charge in [-0.1, -0.05) is 12.6 Å². The van der Waals surface area contributed by atoms with E-state index in [-0.39, 0.29) is 0 Å². The Balaban J connectivity index is 2.39. The van der Waals surface area contributed by atoms with Gasteiger partial charge in [0.25, 0.3) is 0 Å². The van der Waals surface area contributed by atoms with Crippen LogP contribution < -0.4 is 0 Å². The Morgan fingerprint density at radius 3 is 2.87 bits per heavy atom. The summed E-state index contributed by atoms with van der Waals surface area (Å²) < 4.78 is 4.61. The van der Waals surface area contributed by atoms with Gasteiger partial charge >= 0.3 is 0 Å². The SMILES string of the molecule is C=C(c1ccc2nonc2c1)N(C)OC. The average Bonchev–Trinajstić information content (AvgIpc) is 2.73. The average molecular weight is 205 g/mol. The molecule has 0 unspecified atom stereocenters. The van der Waals surface area contributed by atoms with Crippen LogP contribution in [-0.4, -0.2) is 29.5 Å². The maximum absolute atomic E-state index is 5.03. The topological polar surface area (TPSA) is 51.4 Å². The van der Waals surface area contributed by atoms with Crippen LogP contribution in [0.15, 0.2) is 29.4 Å². The lowest BCUT2D eigenvalue weighted by molar-refractivity contribution is -0.0524. The summed E-state index contributed by atoms with van der Waals surface area (Å²) in [4.78, 5) is 5.03. The first-order chi connectivity index (χ1) is 7.22. The van der Waals surface area contributed by atoms with E-state index in [4.69, 9.17) is 4.84 Å². The molecule has 0 saturated carbocycles. The van der Waals surface area contributed by atoms with Crippen LogP contribution in [0.4, 0.5) is 0 Å². The van der Waals surface area contributed by atoms with Crippen molar-refractivity contribution in [2.24, 2.45) is 0 Å². The molecule has 15 heavy (non-hydrogen) atoms. The highest BCUT2D eigenvalue weighted by atomic mass is 16.7. The molecule has 0 bridgehead atoms. The summed E-state index contributed by atoms with van der Waals surface area (Å²) >= 11 is 0. The normalized spacial score (nSPS) is 10.5. The summed E-state index contributed by atoms with van der Waals surface area (Å²) in [5.41, 5.74) is 3.11. The van der Waals surface area contributed by atoms with Crippen molar-refractivity contribution < 1.29 is 9.47 Å². The molecule has 2 rings (SSSR count). The molecule has 0 aliphatic heterocycles.